The Hall–Kier alpha value is -0.120. The molecule has 3 heteroatoms. The van der Waals surface area contributed by atoms with Crippen molar-refractivity contribution in [3.63, 3.8) is 0 Å². The molecule has 76 valence electrons. The van der Waals surface area contributed by atoms with Crippen LogP contribution < -0.4 is 0 Å². The summed E-state index contributed by atoms with van der Waals surface area (Å²) in [5, 5.41) is 9.32. The van der Waals surface area contributed by atoms with Gasteiger partial charge in [0.1, 0.15) is 0 Å². The highest BCUT2D eigenvalue weighted by Gasteiger charge is 2.50. The lowest BCUT2D eigenvalue weighted by atomic mass is 9.80. The second-order valence-corrected chi connectivity index (χ2v) is 4.34. The van der Waals surface area contributed by atoms with Gasteiger partial charge in [0, 0.05) is 37.6 Å². The Bertz CT molecular complexity index is 186. The first kappa shape index (κ1) is 9.44. The zero-order valence-corrected chi connectivity index (χ0v) is 8.44. The fraction of sp³-hybridized carbons (Fsp3) is 1.00. The van der Waals surface area contributed by atoms with Crippen molar-refractivity contribution in [3.8, 4) is 0 Å². The highest BCUT2D eigenvalue weighted by atomic mass is 16.5. The summed E-state index contributed by atoms with van der Waals surface area (Å²) in [4.78, 5) is 2.44. The summed E-state index contributed by atoms with van der Waals surface area (Å²) in [5.41, 5.74) is 0. The van der Waals surface area contributed by atoms with Gasteiger partial charge < -0.3 is 9.84 Å². The van der Waals surface area contributed by atoms with Gasteiger partial charge in [0.2, 0.25) is 0 Å². The molecule has 4 atom stereocenters. The third-order valence-corrected chi connectivity index (χ3v) is 3.91. The van der Waals surface area contributed by atoms with E-state index in [2.05, 4.69) is 11.9 Å². The SMILES string of the molecule is COCC1C(CO)C2CCC1N2C. The van der Waals surface area contributed by atoms with Crippen LogP contribution in [0.4, 0.5) is 0 Å². The largest absolute Gasteiger partial charge is 0.396 e. The first-order valence-electron chi connectivity index (χ1n) is 5.11. The molecule has 0 saturated carbocycles. The molecule has 0 amide bonds. The topological polar surface area (TPSA) is 32.7 Å². The lowest BCUT2D eigenvalue weighted by Gasteiger charge is -2.26. The molecule has 2 bridgehead atoms. The van der Waals surface area contributed by atoms with Crippen molar-refractivity contribution in [2.45, 2.75) is 24.9 Å². The van der Waals surface area contributed by atoms with Crippen LogP contribution in [-0.2, 0) is 4.74 Å². The smallest absolute Gasteiger partial charge is 0.0509 e. The maximum absolute atomic E-state index is 9.32. The molecule has 13 heavy (non-hydrogen) atoms. The van der Waals surface area contributed by atoms with Crippen LogP contribution in [0.5, 0.6) is 0 Å². The second kappa shape index (κ2) is 3.56. The van der Waals surface area contributed by atoms with Crippen LogP contribution in [0.1, 0.15) is 12.8 Å². The van der Waals surface area contributed by atoms with E-state index >= 15 is 0 Å². The van der Waals surface area contributed by atoms with E-state index in [1.54, 1.807) is 7.11 Å². The summed E-state index contributed by atoms with van der Waals surface area (Å²) in [7, 11) is 3.93. The molecule has 2 aliphatic heterocycles. The molecule has 3 nitrogen and oxygen atoms in total. The molecule has 2 fully saturated rings. The molecule has 2 aliphatic rings. The summed E-state index contributed by atoms with van der Waals surface area (Å²) in [6, 6.07) is 1.26. The molecule has 0 aromatic carbocycles. The summed E-state index contributed by atoms with van der Waals surface area (Å²) in [6.07, 6.45) is 2.54. The molecular weight excluding hydrogens is 166 g/mol. The van der Waals surface area contributed by atoms with E-state index in [0.717, 1.165) is 6.61 Å². The quantitative estimate of drug-likeness (QED) is 0.688. The number of fused-ring (bicyclic) bond motifs is 2. The Balaban J connectivity index is 2.09. The molecule has 2 rings (SSSR count). The number of hydrogen-bond acceptors (Lipinski definition) is 3. The number of aliphatic hydroxyl groups is 1. The molecule has 2 heterocycles. The minimum atomic E-state index is 0.319. The van der Waals surface area contributed by atoms with Gasteiger partial charge in [-0.15, -0.1) is 0 Å². The monoisotopic (exact) mass is 185 g/mol. The van der Waals surface area contributed by atoms with Crippen molar-refractivity contribution in [1.82, 2.24) is 4.90 Å². The van der Waals surface area contributed by atoms with E-state index in [1.165, 1.54) is 12.8 Å². The number of rotatable bonds is 3. The number of ether oxygens (including phenoxy) is 1. The molecule has 4 unspecified atom stereocenters. The summed E-state index contributed by atoms with van der Waals surface area (Å²) < 4.78 is 5.22. The summed E-state index contributed by atoms with van der Waals surface area (Å²) >= 11 is 0. The van der Waals surface area contributed by atoms with Gasteiger partial charge in [-0.3, -0.25) is 4.90 Å². The Morgan fingerprint density at radius 3 is 2.46 bits per heavy atom. The molecular formula is C10H19NO2. The molecule has 0 spiro atoms. The Morgan fingerprint density at radius 2 is 1.92 bits per heavy atom. The minimum Gasteiger partial charge on any atom is -0.396 e. The summed E-state index contributed by atoms with van der Waals surface area (Å²) in [5.74, 6) is 1.00. The highest BCUT2D eigenvalue weighted by molar-refractivity contribution is 5.03. The fourth-order valence-electron chi connectivity index (χ4n) is 3.28. The molecule has 2 saturated heterocycles. The number of nitrogens with zero attached hydrogens (tertiary/aromatic N) is 1. The molecule has 1 N–H and O–H groups in total. The molecule has 0 aliphatic carbocycles. The molecule has 0 aromatic heterocycles. The van der Waals surface area contributed by atoms with Gasteiger partial charge in [-0.2, -0.15) is 0 Å². The van der Waals surface area contributed by atoms with Crippen LogP contribution in [0.15, 0.2) is 0 Å². The third kappa shape index (κ3) is 1.30. The zero-order chi connectivity index (χ0) is 9.42. The Kier molecular flexibility index (Phi) is 2.58. The van der Waals surface area contributed by atoms with E-state index in [0.29, 0.717) is 30.5 Å². The number of aliphatic hydroxyl groups excluding tert-OH is 1. The van der Waals surface area contributed by atoms with Crippen LogP contribution in [0.2, 0.25) is 0 Å². The Labute approximate surface area is 79.7 Å². The van der Waals surface area contributed by atoms with E-state index in [1.807, 2.05) is 0 Å². The van der Waals surface area contributed by atoms with Crippen molar-refractivity contribution in [2.75, 3.05) is 27.4 Å². The van der Waals surface area contributed by atoms with Crippen molar-refractivity contribution in [1.29, 1.82) is 0 Å². The normalized spacial score (nSPS) is 44.5. The predicted molar refractivity (Wildman–Crippen MR) is 50.5 cm³/mol. The van der Waals surface area contributed by atoms with Crippen LogP contribution in [0.3, 0.4) is 0 Å². The van der Waals surface area contributed by atoms with Crippen molar-refractivity contribution >= 4 is 0 Å². The summed E-state index contributed by atoms with van der Waals surface area (Å²) in [6.45, 7) is 1.12. The van der Waals surface area contributed by atoms with Gasteiger partial charge in [0.15, 0.2) is 0 Å². The Morgan fingerprint density at radius 1 is 1.31 bits per heavy atom. The second-order valence-electron chi connectivity index (χ2n) is 4.34. The van der Waals surface area contributed by atoms with Gasteiger partial charge in [0.25, 0.3) is 0 Å². The number of hydrogen-bond donors (Lipinski definition) is 1. The lowest BCUT2D eigenvalue weighted by Crippen LogP contribution is -2.32. The van der Waals surface area contributed by atoms with Crippen molar-refractivity contribution in [2.24, 2.45) is 11.8 Å². The maximum Gasteiger partial charge on any atom is 0.0509 e. The van der Waals surface area contributed by atoms with Crippen LogP contribution >= 0.6 is 0 Å². The molecule has 0 aromatic rings. The van der Waals surface area contributed by atoms with Gasteiger partial charge in [0.05, 0.1) is 6.61 Å². The van der Waals surface area contributed by atoms with Crippen LogP contribution in [0, 0.1) is 11.8 Å². The van der Waals surface area contributed by atoms with Crippen LogP contribution in [0.25, 0.3) is 0 Å². The average Bonchev–Trinajstić information content (AvgIpc) is 2.60. The number of methoxy groups -OCH3 is 1. The maximum atomic E-state index is 9.32. The fourth-order valence-corrected chi connectivity index (χ4v) is 3.28. The van der Waals surface area contributed by atoms with E-state index < -0.39 is 0 Å². The minimum absolute atomic E-state index is 0.319. The van der Waals surface area contributed by atoms with Gasteiger partial charge >= 0.3 is 0 Å². The van der Waals surface area contributed by atoms with Gasteiger partial charge in [-0.25, -0.2) is 0 Å². The van der Waals surface area contributed by atoms with Crippen LogP contribution in [-0.4, -0.2) is 49.5 Å². The van der Waals surface area contributed by atoms with Gasteiger partial charge in [-0.05, 0) is 19.9 Å². The van der Waals surface area contributed by atoms with Gasteiger partial charge in [-0.1, -0.05) is 0 Å². The third-order valence-electron chi connectivity index (χ3n) is 3.91. The molecule has 0 radical (unpaired) electrons. The van der Waals surface area contributed by atoms with E-state index in [9.17, 15) is 5.11 Å². The standard InChI is InChI=1S/C10H19NO2/c1-11-9-3-4-10(11)8(6-13-2)7(9)5-12/h7-10,12H,3-6H2,1-2H3. The first-order valence-corrected chi connectivity index (χ1v) is 5.11. The van der Waals surface area contributed by atoms with Crippen molar-refractivity contribution in [3.05, 3.63) is 0 Å². The lowest BCUT2D eigenvalue weighted by molar-refractivity contribution is 0.0806. The first-order chi connectivity index (χ1) is 6.29. The zero-order valence-electron chi connectivity index (χ0n) is 8.44. The highest BCUT2D eigenvalue weighted by Crippen LogP contribution is 2.44. The van der Waals surface area contributed by atoms with E-state index in [4.69, 9.17) is 4.74 Å². The van der Waals surface area contributed by atoms with Crippen molar-refractivity contribution < 1.29 is 9.84 Å². The predicted octanol–water partition coefficient (Wildman–Crippen LogP) is 0.334. The van der Waals surface area contributed by atoms with E-state index in [-0.39, 0.29) is 0 Å². The average molecular weight is 185 g/mol.